The van der Waals surface area contributed by atoms with Gasteiger partial charge >= 0.3 is 0 Å². The molecule has 7 nitrogen and oxygen atoms in total. The van der Waals surface area contributed by atoms with E-state index in [1.54, 1.807) is 0 Å². The number of fused-ring (bicyclic) bond motifs is 3. The van der Waals surface area contributed by atoms with E-state index in [1.807, 2.05) is 20.8 Å². The molecule has 0 aromatic heterocycles. The van der Waals surface area contributed by atoms with Gasteiger partial charge in [0.15, 0.2) is 5.79 Å². The lowest BCUT2D eigenvalue weighted by Crippen LogP contribution is -2.67. The van der Waals surface area contributed by atoms with Crippen molar-refractivity contribution in [3.8, 4) is 0 Å². The molecular formula is C19H32O7. The first-order valence-electron chi connectivity index (χ1n) is 9.76. The van der Waals surface area contributed by atoms with Crippen LogP contribution >= 0.6 is 0 Å². The van der Waals surface area contributed by atoms with Gasteiger partial charge in [0.2, 0.25) is 0 Å². The number of ether oxygens (including phenoxy) is 5. The fraction of sp³-hybridized carbons (Fsp3) is 1.00. The van der Waals surface area contributed by atoms with E-state index in [0.717, 1.165) is 19.3 Å². The van der Waals surface area contributed by atoms with Crippen LogP contribution in [0.2, 0.25) is 0 Å². The third kappa shape index (κ3) is 3.21. The standard InChI is InChI=1S/C19H32O7/c1-17(2)22-10-19(4)16(25-17)8-15-18(3,26-19)6-5-12-13(24-15)7-11(21)14(9-20)23-12/h11-16,20-21H,5-10H2,1-4H3/t11-,12-,13+,14+,15-,16+,18+,19-/m0/s1. The van der Waals surface area contributed by atoms with Crippen LogP contribution in [-0.2, 0) is 23.7 Å². The van der Waals surface area contributed by atoms with Crippen molar-refractivity contribution in [3.05, 3.63) is 0 Å². The maximum Gasteiger partial charge on any atom is 0.163 e. The Kier molecular flexibility index (Phi) is 4.67. The first-order valence-corrected chi connectivity index (χ1v) is 9.76. The monoisotopic (exact) mass is 372 g/mol. The summed E-state index contributed by atoms with van der Waals surface area (Å²) in [4.78, 5) is 0. The van der Waals surface area contributed by atoms with Crippen LogP contribution in [0.4, 0.5) is 0 Å². The van der Waals surface area contributed by atoms with Crippen LogP contribution in [0.3, 0.4) is 0 Å². The molecule has 26 heavy (non-hydrogen) atoms. The Morgan fingerprint density at radius 3 is 2.46 bits per heavy atom. The molecule has 7 heteroatoms. The molecule has 0 bridgehead atoms. The van der Waals surface area contributed by atoms with Gasteiger partial charge in [-0.2, -0.15) is 0 Å². The van der Waals surface area contributed by atoms with E-state index in [1.165, 1.54) is 0 Å². The Bertz CT molecular complexity index is 540. The van der Waals surface area contributed by atoms with Crippen LogP contribution in [-0.4, -0.2) is 77.0 Å². The summed E-state index contributed by atoms with van der Waals surface area (Å²) < 4.78 is 31.0. The summed E-state index contributed by atoms with van der Waals surface area (Å²) in [7, 11) is 0. The summed E-state index contributed by atoms with van der Waals surface area (Å²) in [6, 6.07) is 0. The molecule has 0 aliphatic carbocycles. The van der Waals surface area contributed by atoms with Crippen molar-refractivity contribution < 1.29 is 33.9 Å². The largest absolute Gasteiger partial charge is 0.394 e. The average molecular weight is 372 g/mol. The number of aliphatic hydroxyl groups is 2. The third-order valence-corrected chi connectivity index (χ3v) is 6.50. The molecule has 4 heterocycles. The summed E-state index contributed by atoms with van der Waals surface area (Å²) in [5.41, 5.74) is -0.965. The van der Waals surface area contributed by atoms with Crippen LogP contribution < -0.4 is 0 Å². The molecule has 4 aliphatic heterocycles. The highest BCUT2D eigenvalue weighted by Crippen LogP contribution is 2.48. The first-order chi connectivity index (χ1) is 12.1. The molecule has 4 saturated heterocycles. The molecule has 8 atom stereocenters. The molecule has 0 amide bonds. The minimum Gasteiger partial charge on any atom is -0.394 e. The molecule has 0 saturated carbocycles. The minimum absolute atomic E-state index is 0.111. The van der Waals surface area contributed by atoms with E-state index in [4.69, 9.17) is 23.7 Å². The molecule has 2 N–H and O–H groups in total. The van der Waals surface area contributed by atoms with E-state index in [0.29, 0.717) is 13.0 Å². The quantitative estimate of drug-likeness (QED) is 0.714. The van der Waals surface area contributed by atoms with Gasteiger partial charge in [0.25, 0.3) is 0 Å². The van der Waals surface area contributed by atoms with E-state index in [9.17, 15) is 10.2 Å². The van der Waals surface area contributed by atoms with Gasteiger partial charge in [-0.25, -0.2) is 0 Å². The highest BCUT2D eigenvalue weighted by molar-refractivity contribution is 5.05. The zero-order chi connectivity index (χ0) is 18.7. The van der Waals surface area contributed by atoms with Crippen molar-refractivity contribution in [3.63, 3.8) is 0 Å². The normalized spacial score (nSPS) is 53.8. The predicted molar refractivity (Wildman–Crippen MR) is 91.7 cm³/mol. The highest BCUT2D eigenvalue weighted by atomic mass is 16.7. The van der Waals surface area contributed by atoms with Crippen molar-refractivity contribution in [2.24, 2.45) is 0 Å². The van der Waals surface area contributed by atoms with E-state index in [-0.39, 0.29) is 31.0 Å². The Hall–Kier alpha value is -0.280. The summed E-state index contributed by atoms with van der Waals surface area (Å²) in [6.07, 6.45) is 0.942. The average Bonchev–Trinajstić information content (AvgIpc) is 2.68. The molecule has 4 aliphatic rings. The van der Waals surface area contributed by atoms with Crippen molar-refractivity contribution in [2.75, 3.05) is 13.2 Å². The molecule has 4 fully saturated rings. The molecule has 0 spiro atoms. The summed E-state index contributed by atoms with van der Waals surface area (Å²) in [6.45, 7) is 8.30. The maximum atomic E-state index is 10.2. The zero-order valence-corrected chi connectivity index (χ0v) is 16.1. The van der Waals surface area contributed by atoms with Gasteiger partial charge in [-0.1, -0.05) is 0 Å². The van der Waals surface area contributed by atoms with Gasteiger partial charge in [0.1, 0.15) is 11.7 Å². The van der Waals surface area contributed by atoms with E-state index in [2.05, 4.69) is 6.92 Å². The second-order valence-electron chi connectivity index (χ2n) is 9.16. The molecular weight excluding hydrogens is 340 g/mol. The van der Waals surface area contributed by atoms with E-state index < -0.39 is 29.2 Å². The van der Waals surface area contributed by atoms with Crippen LogP contribution in [0.15, 0.2) is 0 Å². The van der Waals surface area contributed by atoms with Gasteiger partial charge in [-0.3, -0.25) is 0 Å². The molecule has 4 rings (SSSR count). The van der Waals surface area contributed by atoms with Gasteiger partial charge < -0.3 is 33.9 Å². The smallest absolute Gasteiger partial charge is 0.163 e. The lowest BCUT2D eigenvalue weighted by Gasteiger charge is -2.56. The second kappa shape index (κ2) is 6.37. The van der Waals surface area contributed by atoms with Gasteiger partial charge in [-0.05, 0) is 40.5 Å². The van der Waals surface area contributed by atoms with E-state index >= 15 is 0 Å². The Morgan fingerprint density at radius 2 is 1.73 bits per heavy atom. The molecule has 0 unspecified atom stereocenters. The third-order valence-electron chi connectivity index (χ3n) is 6.50. The minimum atomic E-state index is -0.710. The van der Waals surface area contributed by atoms with Crippen LogP contribution in [0, 0.1) is 0 Å². The number of rotatable bonds is 1. The Labute approximate surface area is 154 Å². The SMILES string of the molecule is CC1(C)OC[C@]2(C)O[C@]3(C)CC[C@@H]4O[C@H](CO)[C@@H](O)C[C@H]4O[C@H]3C[C@H]2O1. The maximum absolute atomic E-state index is 10.2. The van der Waals surface area contributed by atoms with Crippen molar-refractivity contribution >= 4 is 0 Å². The fourth-order valence-electron chi connectivity index (χ4n) is 4.90. The Balaban J connectivity index is 1.55. The molecule has 0 radical (unpaired) electrons. The molecule has 0 aromatic rings. The van der Waals surface area contributed by atoms with Crippen LogP contribution in [0.5, 0.6) is 0 Å². The first kappa shape index (κ1) is 19.1. The lowest BCUT2D eigenvalue weighted by molar-refractivity contribution is -0.385. The van der Waals surface area contributed by atoms with Crippen LogP contribution in [0.25, 0.3) is 0 Å². The van der Waals surface area contributed by atoms with Crippen LogP contribution in [0.1, 0.15) is 53.4 Å². The highest BCUT2D eigenvalue weighted by Gasteiger charge is 2.59. The Morgan fingerprint density at radius 1 is 0.962 bits per heavy atom. The van der Waals surface area contributed by atoms with Crippen molar-refractivity contribution in [2.45, 2.75) is 107 Å². The number of hydrogen-bond acceptors (Lipinski definition) is 7. The second-order valence-corrected chi connectivity index (χ2v) is 9.16. The topological polar surface area (TPSA) is 86.6 Å². The molecule has 150 valence electrons. The zero-order valence-electron chi connectivity index (χ0n) is 16.1. The van der Waals surface area contributed by atoms with Crippen molar-refractivity contribution in [1.29, 1.82) is 0 Å². The molecule has 0 aromatic carbocycles. The summed E-state index contributed by atoms with van der Waals surface area (Å²) >= 11 is 0. The van der Waals surface area contributed by atoms with Gasteiger partial charge in [0.05, 0.1) is 49.3 Å². The predicted octanol–water partition coefficient (Wildman–Crippen LogP) is 1.13. The number of aliphatic hydroxyl groups excluding tert-OH is 2. The lowest BCUT2D eigenvalue weighted by atomic mass is 9.79. The van der Waals surface area contributed by atoms with Crippen molar-refractivity contribution in [1.82, 2.24) is 0 Å². The summed E-state index contributed by atoms with van der Waals surface area (Å²) in [5.74, 6) is -0.632. The number of hydrogen-bond donors (Lipinski definition) is 2. The fourth-order valence-corrected chi connectivity index (χ4v) is 4.90. The summed E-state index contributed by atoms with van der Waals surface area (Å²) in [5, 5.41) is 19.6. The van der Waals surface area contributed by atoms with Gasteiger partial charge in [-0.15, -0.1) is 0 Å². The van der Waals surface area contributed by atoms with Gasteiger partial charge in [0, 0.05) is 12.8 Å².